The average molecular weight is 687 g/mol. The number of pyridine rings is 2. The third-order valence-electron chi connectivity index (χ3n) is 8.75. The molecule has 0 aromatic carbocycles. The minimum atomic E-state index is -4.39. The Hall–Kier alpha value is -4.23. The predicted octanol–water partition coefficient (Wildman–Crippen LogP) is 0.988. The Kier molecular flexibility index (Phi) is 10.3. The van der Waals surface area contributed by atoms with E-state index in [0.29, 0.717) is 35.5 Å². The van der Waals surface area contributed by atoms with Gasteiger partial charge >= 0.3 is 16.4 Å². The second kappa shape index (κ2) is 14.1. The number of likely N-dealkylation sites (N-methyl/N-ethyl adjacent to an activating group) is 1. The Bertz CT molecular complexity index is 1840. The number of Topliss-reactive ketones (excluding diaryl/α,β-unsaturated/α-hetero) is 1. The molecule has 3 aromatic heterocycles. The third-order valence-corrected chi connectivity index (χ3v) is 10.1. The number of nitrogens with zero attached hydrogens (tertiary/aromatic N) is 7. The highest BCUT2D eigenvalue weighted by Crippen LogP contribution is 2.32. The number of aryl methyl sites for hydroxylation is 1. The number of aliphatic hydroxyl groups is 1. The summed E-state index contributed by atoms with van der Waals surface area (Å²) in [6, 6.07) is 3.52. The van der Waals surface area contributed by atoms with Gasteiger partial charge < -0.3 is 35.9 Å². The van der Waals surface area contributed by atoms with E-state index in [1.54, 1.807) is 36.9 Å². The van der Waals surface area contributed by atoms with E-state index in [-0.39, 0.29) is 55.1 Å². The van der Waals surface area contributed by atoms with E-state index in [2.05, 4.69) is 15.3 Å². The number of anilines is 3. The van der Waals surface area contributed by atoms with Crippen LogP contribution in [0.25, 0.3) is 11.0 Å². The second-order valence-electron chi connectivity index (χ2n) is 12.2. The molecule has 6 N–H and O–H groups in total. The number of aromatic nitrogens is 4. The van der Waals surface area contributed by atoms with Crippen molar-refractivity contribution in [3.05, 3.63) is 46.0 Å². The topological polar surface area (TPSA) is 232 Å². The Labute approximate surface area is 278 Å². The molecule has 1 saturated heterocycles. The monoisotopic (exact) mass is 686 g/mol. The summed E-state index contributed by atoms with van der Waals surface area (Å²) in [7, 11) is -4.39. The van der Waals surface area contributed by atoms with Gasteiger partial charge in [-0.1, -0.05) is 12.8 Å². The van der Waals surface area contributed by atoms with Crippen molar-refractivity contribution < 1.29 is 27.3 Å². The maximum Gasteiger partial charge on any atom is 0.426 e. The summed E-state index contributed by atoms with van der Waals surface area (Å²) < 4.78 is 33.2. The van der Waals surface area contributed by atoms with Gasteiger partial charge in [-0.25, -0.2) is 14.8 Å². The number of nitrogens with one attached hydrogen (secondary N) is 1. The van der Waals surface area contributed by atoms with Gasteiger partial charge in [0.1, 0.15) is 17.1 Å². The van der Waals surface area contributed by atoms with Crippen molar-refractivity contribution >= 4 is 50.7 Å². The minimum Gasteiger partial charge on any atom is -0.393 e. The molecular weight excluding hydrogens is 644 g/mol. The van der Waals surface area contributed by atoms with E-state index >= 15 is 0 Å². The molecule has 3 aromatic rings. The summed E-state index contributed by atoms with van der Waals surface area (Å²) in [5.74, 6) is 0.423. The number of carbonyl (C=O) groups is 2. The van der Waals surface area contributed by atoms with Crippen LogP contribution in [0.15, 0.2) is 29.3 Å². The zero-order valence-electron chi connectivity index (χ0n) is 27.3. The zero-order chi connectivity index (χ0) is 34.8. The SMILES string of the molecule is CCN(CC(N)(N)CO)C(=O)OS(=O)(=O)N1CCN(c2ccc(Nc3ncc4c(C)c(C(C)=O)c(=O)n(C5CCCC5)c4n3)nc2)CC1. The number of nitrogens with two attached hydrogens (primary N) is 2. The molecule has 17 nitrogen and oxygen atoms in total. The summed E-state index contributed by atoms with van der Waals surface area (Å²) in [6.07, 6.45) is 5.80. The van der Waals surface area contributed by atoms with Gasteiger partial charge in [-0.15, -0.1) is 0 Å². The Morgan fingerprint density at radius 3 is 2.40 bits per heavy atom. The zero-order valence-corrected chi connectivity index (χ0v) is 28.1. The van der Waals surface area contributed by atoms with Crippen molar-refractivity contribution in [2.24, 2.45) is 11.5 Å². The summed E-state index contributed by atoms with van der Waals surface area (Å²) in [5, 5.41) is 13.0. The Morgan fingerprint density at radius 1 is 1.12 bits per heavy atom. The smallest absolute Gasteiger partial charge is 0.393 e. The van der Waals surface area contributed by atoms with E-state index in [0.717, 1.165) is 40.6 Å². The van der Waals surface area contributed by atoms with Gasteiger partial charge in [0.05, 0.1) is 30.6 Å². The first-order valence-corrected chi connectivity index (χ1v) is 17.2. The van der Waals surface area contributed by atoms with Crippen LogP contribution in [0.1, 0.15) is 61.5 Å². The van der Waals surface area contributed by atoms with Crippen LogP contribution < -0.4 is 27.2 Å². The van der Waals surface area contributed by atoms with Crippen molar-refractivity contribution in [3.63, 3.8) is 0 Å². The van der Waals surface area contributed by atoms with E-state index < -0.39 is 28.7 Å². The van der Waals surface area contributed by atoms with Crippen LogP contribution in [0.2, 0.25) is 0 Å². The maximum atomic E-state index is 13.5. The van der Waals surface area contributed by atoms with Crippen molar-refractivity contribution in [2.45, 2.75) is 58.2 Å². The van der Waals surface area contributed by atoms with E-state index in [1.807, 2.05) is 11.0 Å². The second-order valence-corrected chi connectivity index (χ2v) is 13.8. The number of rotatable bonds is 11. The molecule has 1 aliphatic carbocycles. The molecule has 0 unspecified atom stereocenters. The lowest BCUT2D eigenvalue weighted by Gasteiger charge is -2.35. The van der Waals surface area contributed by atoms with Crippen LogP contribution in [0.3, 0.4) is 0 Å². The highest BCUT2D eigenvalue weighted by Gasteiger charge is 2.34. The van der Waals surface area contributed by atoms with Crippen LogP contribution in [0.5, 0.6) is 0 Å². The van der Waals surface area contributed by atoms with Crippen molar-refractivity contribution in [2.75, 3.05) is 56.1 Å². The Morgan fingerprint density at radius 2 is 1.81 bits per heavy atom. The normalized spacial score (nSPS) is 16.3. The third kappa shape index (κ3) is 7.41. The van der Waals surface area contributed by atoms with Crippen LogP contribution in [0, 0.1) is 6.92 Å². The number of hydrogen-bond acceptors (Lipinski definition) is 14. The fourth-order valence-electron chi connectivity index (χ4n) is 6.15. The average Bonchev–Trinajstić information content (AvgIpc) is 3.58. The van der Waals surface area contributed by atoms with E-state index in [4.69, 9.17) is 20.6 Å². The molecular formula is C30H42N10O7S. The van der Waals surface area contributed by atoms with Crippen molar-refractivity contribution in [3.8, 4) is 0 Å². The van der Waals surface area contributed by atoms with E-state index in [9.17, 15) is 27.9 Å². The standard InChI is InChI=1S/C30H42N10O7S/c1-4-37(17-30(31,32)18-41)29(44)47-48(45,46)39-13-11-38(12-14-39)22-9-10-24(33-15-22)35-28-34-16-23-19(2)25(20(3)42)27(43)40(26(23)36-28)21-7-5-6-8-21/h9-10,15-16,21,41H,4-8,11-14,17-18,31-32H2,1-3H3,(H,33,34,35,36). The van der Waals surface area contributed by atoms with Gasteiger partial charge in [0.25, 0.3) is 5.56 Å². The molecule has 4 heterocycles. The van der Waals surface area contributed by atoms with E-state index in [1.165, 1.54) is 6.92 Å². The predicted molar refractivity (Wildman–Crippen MR) is 178 cm³/mol. The summed E-state index contributed by atoms with van der Waals surface area (Å²) in [5.41, 5.74) is 11.4. The lowest BCUT2D eigenvalue weighted by molar-refractivity contribution is 0.101. The molecule has 0 atom stereocenters. The van der Waals surface area contributed by atoms with Gasteiger partial charge in [-0.2, -0.15) is 17.7 Å². The molecule has 1 saturated carbocycles. The highest BCUT2D eigenvalue weighted by atomic mass is 32.2. The van der Waals surface area contributed by atoms with Gasteiger partial charge in [0.15, 0.2) is 5.78 Å². The first-order chi connectivity index (χ1) is 22.7. The number of carbonyl (C=O) groups excluding carboxylic acids is 2. The molecule has 2 aliphatic rings. The lowest BCUT2D eigenvalue weighted by Crippen LogP contribution is -2.61. The van der Waals surface area contributed by atoms with Crippen LogP contribution in [0.4, 0.5) is 22.2 Å². The highest BCUT2D eigenvalue weighted by molar-refractivity contribution is 7.84. The van der Waals surface area contributed by atoms with Crippen molar-refractivity contribution in [1.29, 1.82) is 0 Å². The molecule has 5 rings (SSSR count). The molecule has 1 amide bonds. The Balaban J connectivity index is 1.25. The first-order valence-electron chi connectivity index (χ1n) is 15.8. The summed E-state index contributed by atoms with van der Waals surface area (Å²) >= 11 is 0. The molecule has 0 spiro atoms. The number of hydrogen-bond donors (Lipinski definition) is 4. The number of ketones is 1. The first kappa shape index (κ1) is 35.1. The summed E-state index contributed by atoms with van der Waals surface area (Å²) in [6.45, 7) is 4.67. The molecule has 0 bridgehead atoms. The van der Waals surface area contributed by atoms with Crippen molar-refractivity contribution in [1.82, 2.24) is 28.7 Å². The largest absolute Gasteiger partial charge is 0.426 e. The van der Waals surface area contributed by atoms with Crippen LogP contribution in [-0.4, -0.2) is 106 Å². The maximum absolute atomic E-state index is 13.5. The van der Waals surface area contributed by atoms with Gasteiger partial charge in [0.2, 0.25) is 5.95 Å². The lowest BCUT2D eigenvalue weighted by atomic mass is 10.0. The van der Waals surface area contributed by atoms with Gasteiger partial charge in [0, 0.05) is 50.3 Å². The number of fused-ring (bicyclic) bond motifs is 1. The van der Waals surface area contributed by atoms with Gasteiger partial charge in [-0.05, 0) is 51.3 Å². The molecule has 260 valence electrons. The quantitative estimate of drug-likeness (QED) is 0.163. The minimum absolute atomic E-state index is 0.0399. The summed E-state index contributed by atoms with van der Waals surface area (Å²) in [4.78, 5) is 55.0. The fraction of sp³-hybridized carbons (Fsp3) is 0.533. The molecule has 0 radical (unpaired) electrons. The molecule has 1 aliphatic heterocycles. The molecule has 2 fully saturated rings. The molecule has 48 heavy (non-hydrogen) atoms. The van der Waals surface area contributed by atoms with Crippen LogP contribution >= 0.6 is 0 Å². The van der Waals surface area contributed by atoms with Crippen LogP contribution in [-0.2, 0) is 14.5 Å². The number of aliphatic hydroxyl groups excluding tert-OH is 1. The fourth-order valence-corrected chi connectivity index (χ4v) is 7.15. The number of amides is 1. The van der Waals surface area contributed by atoms with Gasteiger partial charge in [-0.3, -0.25) is 14.2 Å². The molecule has 18 heteroatoms. The number of piperazine rings is 1.